The minimum atomic E-state index is -1.38. The summed E-state index contributed by atoms with van der Waals surface area (Å²) in [7, 11) is 1.23. The summed E-state index contributed by atoms with van der Waals surface area (Å²) in [5, 5.41) is 11.6. The summed E-state index contributed by atoms with van der Waals surface area (Å²) >= 11 is 0. The molecule has 1 aromatic carbocycles. The average Bonchev–Trinajstić information content (AvgIpc) is 2.61. The molecule has 0 saturated heterocycles. The molecule has 0 aliphatic rings. The number of rotatable bonds is 6. The Balaban J connectivity index is 2.41. The van der Waals surface area contributed by atoms with Crippen molar-refractivity contribution in [3.63, 3.8) is 0 Å². The molecule has 2 rings (SSSR count). The third kappa shape index (κ3) is 4.32. The number of carboxylic acid groups (broad SMARTS) is 1. The minimum Gasteiger partial charge on any atom is -0.489 e. The largest absolute Gasteiger partial charge is 0.489 e. The lowest BCUT2D eigenvalue weighted by atomic mass is 10.1. The van der Waals surface area contributed by atoms with Gasteiger partial charge in [-0.1, -0.05) is 0 Å². The zero-order valence-electron chi connectivity index (χ0n) is 14.3. The van der Waals surface area contributed by atoms with Gasteiger partial charge in [0.05, 0.1) is 24.5 Å². The predicted molar refractivity (Wildman–Crippen MR) is 90.5 cm³/mol. The molecule has 9 heteroatoms. The van der Waals surface area contributed by atoms with E-state index in [0.717, 1.165) is 0 Å². The molecular weight excluding hydrogens is 342 g/mol. The molecule has 2 N–H and O–H groups in total. The topological polar surface area (TPSA) is 128 Å². The summed E-state index contributed by atoms with van der Waals surface area (Å²) in [5.74, 6) is -2.47. The normalized spacial score (nSPS) is 10.3. The Morgan fingerprint density at radius 3 is 2.35 bits per heavy atom. The number of anilines is 1. The van der Waals surface area contributed by atoms with Crippen molar-refractivity contribution in [2.24, 2.45) is 0 Å². The molecule has 0 saturated carbocycles. The van der Waals surface area contributed by atoms with E-state index in [1.165, 1.54) is 37.7 Å². The van der Waals surface area contributed by atoms with E-state index in [1.807, 2.05) is 0 Å². The highest BCUT2D eigenvalue weighted by molar-refractivity contribution is 6.09. The summed E-state index contributed by atoms with van der Waals surface area (Å²) in [6, 6.07) is 4.37. The number of aromatic nitrogens is 2. The van der Waals surface area contributed by atoms with E-state index in [-0.39, 0.29) is 23.0 Å². The Morgan fingerprint density at radius 1 is 1.12 bits per heavy atom. The van der Waals surface area contributed by atoms with Gasteiger partial charge in [0.1, 0.15) is 5.75 Å². The zero-order valence-corrected chi connectivity index (χ0v) is 14.3. The molecule has 1 heterocycles. The van der Waals surface area contributed by atoms with E-state index < -0.39 is 23.5 Å². The van der Waals surface area contributed by atoms with Gasteiger partial charge in [-0.25, -0.2) is 19.6 Å². The van der Waals surface area contributed by atoms with Crippen LogP contribution < -0.4 is 10.1 Å². The number of carboxylic acids is 1. The molecule has 26 heavy (non-hydrogen) atoms. The molecule has 0 aliphatic heterocycles. The lowest BCUT2D eigenvalue weighted by molar-refractivity contribution is 0.0599. The molecule has 9 nitrogen and oxygen atoms in total. The summed E-state index contributed by atoms with van der Waals surface area (Å²) in [4.78, 5) is 42.8. The summed E-state index contributed by atoms with van der Waals surface area (Å²) < 4.78 is 10.3. The maximum absolute atomic E-state index is 12.5. The van der Waals surface area contributed by atoms with E-state index in [4.69, 9.17) is 9.84 Å². The molecule has 2 aromatic rings. The first-order valence-corrected chi connectivity index (χ1v) is 7.58. The van der Waals surface area contributed by atoms with Gasteiger partial charge < -0.3 is 19.9 Å². The zero-order chi connectivity index (χ0) is 19.3. The lowest BCUT2D eigenvalue weighted by Gasteiger charge is -2.16. The van der Waals surface area contributed by atoms with Crippen LogP contribution in [0.15, 0.2) is 30.6 Å². The number of methoxy groups -OCH3 is 1. The van der Waals surface area contributed by atoms with Crippen molar-refractivity contribution in [3.05, 3.63) is 47.5 Å². The molecule has 0 aliphatic carbocycles. The maximum Gasteiger partial charge on any atom is 0.356 e. The van der Waals surface area contributed by atoms with Gasteiger partial charge in [-0.15, -0.1) is 0 Å². The monoisotopic (exact) mass is 359 g/mol. The highest BCUT2D eigenvalue weighted by atomic mass is 16.5. The van der Waals surface area contributed by atoms with Crippen LogP contribution in [-0.2, 0) is 4.74 Å². The number of carbonyl (C=O) groups is 3. The van der Waals surface area contributed by atoms with Gasteiger partial charge >= 0.3 is 11.9 Å². The van der Waals surface area contributed by atoms with Gasteiger partial charge in [0.15, 0.2) is 11.4 Å². The summed E-state index contributed by atoms with van der Waals surface area (Å²) in [6.07, 6.45) is 2.18. The number of hydrogen-bond acceptors (Lipinski definition) is 7. The highest BCUT2D eigenvalue weighted by Crippen LogP contribution is 2.28. The van der Waals surface area contributed by atoms with Crippen molar-refractivity contribution in [1.82, 2.24) is 9.97 Å². The molecule has 0 atom stereocenters. The number of nitrogens with zero attached hydrogens (tertiary/aromatic N) is 2. The summed E-state index contributed by atoms with van der Waals surface area (Å²) in [5.41, 5.74) is -0.482. The Morgan fingerprint density at radius 2 is 1.77 bits per heavy atom. The fraction of sp³-hybridized carbons (Fsp3) is 0.235. The van der Waals surface area contributed by atoms with Crippen molar-refractivity contribution in [2.45, 2.75) is 20.0 Å². The second kappa shape index (κ2) is 8.06. The Hall–Kier alpha value is -3.49. The first kappa shape index (κ1) is 18.8. The van der Waals surface area contributed by atoms with Crippen LogP contribution in [0.25, 0.3) is 0 Å². The first-order chi connectivity index (χ1) is 12.3. The van der Waals surface area contributed by atoms with Gasteiger partial charge in [-0.3, -0.25) is 4.79 Å². The Labute approximate surface area is 149 Å². The van der Waals surface area contributed by atoms with Gasteiger partial charge in [-0.2, -0.15) is 0 Å². The van der Waals surface area contributed by atoms with Crippen LogP contribution in [0.3, 0.4) is 0 Å². The van der Waals surface area contributed by atoms with Crippen molar-refractivity contribution >= 4 is 23.5 Å². The van der Waals surface area contributed by atoms with E-state index in [1.54, 1.807) is 13.8 Å². The van der Waals surface area contributed by atoms with Crippen LogP contribution in [0.2, 0.25) is 0 Å². The van der Waals surface area contributed by atoms with Crippen LogP contribution >= 0.6 is 0 Å². The van der Waals surface area contributed by atoms with E-state index in [9.17, 15) is 14.4 Å². The third-order valence-corrected chi connectivity index (χ3v) is 3.13. The van der Waals surface area contributed by atoms with Crippen molar-refractivity contribution in [1.29, 1.82) is 0 Å². The highest BCUT2D eigenvalue weighted by Gasteiger charge is 2.21. The third-order valence-electron chi connectivity index (χ3n) is 3.13. The molecule has 1 aromatic heterocycles. The van der Waals surface area contributed by atoms with E-state index in [2.05, 4.69) is 20.0 Å². The van der Waals surface area contributed by atoms with Crippen molar-refractivity contribution in [3.8, 4) is 5.75 Å². The molecule has 0 fully saturated rings. The number of hydrogen-bond donors (Lipinski definition) is 2. The molecule has 0 spiro atoms. The first-order valence-electron chi connectivity index (χ1n) is 7.58. The van der Waals surface area contributed by atoms with Gasteiger partial charge in [-0.05, 0) is 32.0 Å². The second-order valence-corrected chi connectivity index (χ2v) is 5.38. The quantitative estimate of drug-likeness (QED) is 0.750. The van der Waals surface area contributed by atoms with E-state index in [0.29, 0.717) is 5.75 Å². The van der Waals surface area contributed by atoms with Crippen LogP contribution in [0, 0.1) is 0 Å². The molecule has 136 valence electrons. The second-order valence-electron chi connectivity index (χ2n) is 5.38. The number of benzene rings is 1. The fourth-order valence-electron chi connectivity index (χ4n) is 2.07. The SMILES string of the molecule is COC(=O)c1ccc(OC(C)C)c(NC(=O)c2nccnc2C(=O)O)c1. The number of carbonyl (C=O) groups excluding carboxylic acids is 2. The van der Waals surface area contributed by atoms with Gasteiger partial charge in [0.25, 0.3) is 5.91 Å². The molecule has 1 amide bonds. The fourth-order valence-corrected chi connectivity index (χ4v) is 2.07. The lowest BCUT2D eigenvalue weighted by Crippen LogP contribution is -2.20. The number of esters is 1. The smallest absolute Gasteiger partial charge is 0.356 e. The molecule has 0 unspecified atom stereocenters. The Bertz CT molecular complexity index is 850. The molecule has 0 radical (unpaired) electrons. The number of amides is 1. The van der Waals surface area contributed by atoms with Crippen LogP contribution in [0.4, 0.5) is 5.69 Å². The Kier molecular flexibility index (Phi) is 5.84. The van der Waals surface area contributed by atoms with Crippen LogP contribution in [0.1, 0.15) is 45.2 Å². The molecular formula is C17H17N3O6. The van der Waals surface area contributed by atoms with Crippen molar-refractivity contribution < 1.29 is 29.0 Å². The number of aromatic carboxylic acids is 1. The number of nitrogens with one attached hydrogen (secondary N) is 1. The minimum absolute atomic E-state index is 0.175. The standard InChI is InChI=1S/C17H17N3O6/c1-9(2)26-12-5-4-10(17(24)25-3)8-11(12)20-15(21)13-14(16(22)23)19-7-6-18-13/h4-9H,1-3H3,(H,20,21)(H,22,23). The van der Waals surface area contributed by atoms with Crippen LogP contribution in [0.5, 0.6) is 5.75 Å². The van der Waals surface area contributed by atoms with Crippen molar-refractivity contribution in [2.75, 3.05) is 12.4 Å². The van der Waals surface area contributed by atoms with E-state index >= 15 is 0 Å². The van der Waals surface area contributed by atoms with Gasteiger partial charge in [0.2, 0.25) is 0 Å². The average molecular weight is 359 g/mol. The maximum atomic E-state index is 12.5. The number of ether oxygens (including phenoxy) is 2. The van der Waals surface area contributed by atoms with Crippen LogP contribution in [-0.4, -0.2) is 46.1 Å². The molecule has 0 bridgehead atoms. The summed E-state index contributed by atoms with van der Waals surface area (Å²) in [6.45, 7) is 3.59. The predicted octanol–water partition coefficient (Wildman–Crippen LogP) is 2.00. The van der Waals surface area contributed by atoms with Gasteiger partial charge in [0, 0.05) is 12.4 Å².